The maximum absolute atomic E-state index is 14.9. The van der Waals surface area contributed by atoms with Crippen LogP contribution < -0.4 is 0 Å². The van der Waals surface area contributed by atoms with Crippen LogP contribution in [0.25, 0.3) is 5.78 Å². The maximum atomic E-state index is 14.9. The second kappa shape index (κ2) is 9.35. The minimum absolute atomic E-state index is 0.00998. The lowest BCUT2D eigenvalue weighted by molar-refractivity contribution is -0.167. The Labute approximate surface area is 224 Å². The van der Waals surface area contributed by atoms with Crippen LogP contribution in [-0.4, -0.2) is 36.3 Å². The topological polar surface area (TPSA) is 113 Å². The summed E-state index contributed by atoms with van der Waals surface area (Å²) in [6.07, 6.45) is 9.48. The monoisotopic (exact) mass is 535 g/mol. The molecule has 10 heteroatoms. The second-order valence-corrected chi connectivity index (χ2v) is 11.2. The zero-order valence-corrected chi connectivity index (χ0v) is 21.5. The van der Waals surface area contributed by atoms with Gasteiger partial charge in [-0.25, -0.2) is 18.7 Å². The molecule has 196 valence electrons. The van der Waals surface area contributed by atoms with Crippen LogP contribution in [0, 0.1) is 23.1 Å². The maximum Gasteiger partial charge on any atom is 0.338 e. The van der Waals surface area contributed by atoms with Gasteiger partial charge in [-0.1, -0.05) is 36.6 Å². The lowest BCUT2D eigenvalue weighted by Gasteiger charge is -2.41. The molecule has 2 fully saturated rings. The number of halogens is 2. The number of fused-ring (bicyclic) bond motifs is 1. The number of hydrogen-bond acceptors (Lipinski definition) is 7. The van der Waals surface area contributed by atoms with Gasteiger partial charge in [-0.3, -0.25) is 0 Å². The van der Waals surface area contributed by atoms with Crippen molar-refractivity contribution < 1.29 is 19.0 Å². The number of hydrogen-bond donors (Lipinski definition) is 1. The number of carbonyl (C=O) groups is 1. The van der Waals surface area contributed by atoms with E-state index in [0.717, 1.165) is 31.2 Å². The van der Waals surface area contributed by atoms with Crippen LogP contribution in [0.3, 0.4) is 0 Å². The number of ether oxygens (including phenoxy) is 1. The Balaban J connectivity index is 1.23. The van der Waals surface area contributed by atoms with Gasteiger partial charge in [-0.05, 0) is 56.1 Å². The largest absolute Gasteiger partial charge is 0.512 e. The van der Waals surface area contributed by atoms with Crippen LogP contribution in [0.1, 0.15) is 68.3 Å². The molecule has 1 N–H and O–H groups in total. The van der Waals surface area contributed by atoms with Gasteiger partial charge in [0.25, 0.3) is 5.78 Å². The van der Waals surface area contributed by atoms with Crippen molar-refractivity contribution in [3.8, 4) is 6.07 Å². The first-order valence-electron chi connectivity index (χ1n) is 13.0. The summed E-state index contributed by atoms with van der Waals surface area (Å²) in [4.78, 5) is 21.7. The summed E-state index contributed by atoms with van der Waals surface area (Å²) < 4.78 is 22.5. The minimum atomic E-state index is -0.859. The molecule has 1 unspecified atom stereocenters. The molecule has 6 rings (SSSR count). The predicted molar refractivity (Wildman–Crippen MR) is 136 cm³/mol. The molecule has 3 aliphatic rings. The van der Waals surface area contributed by atoms with E-state index in [1.807, 2.05) is 6.07 Å². The number of carbonyl (C=O) groups excluding carboxylic acids is 1. The average molecular weight is 536 g/mol. The Morgan fingerprint density at radius 3 is 2.76 bits per heavy atom. The minimum Gasteiger partial charge on any atom is -0.512 e. The molecule has 3 aromatic rings. The SMILES string of the molecule is N#CC1(c2ccc(CCC3(C4CCCC4)CC(O)=C(Cc4nc5ncc(Cl)cn5n4)C(=O)O3)cc2F)CC1. The number of esters is 1. The van der Waals surface area contributed by atoms with Gasteiger partial charge in [-0.2, -0.15) is 10.2 Å². The van der Waals surface area contributed by atoms with E-state index >= 15 is 0 Å². The van der Waals surface area contributed by atoms with Crippen molar-refractivity contribution in [1.29, 1.82) is 5.26 Å². The predicted octanol–water partition coefficient (Wildman–Crippen LogP) is 5.34. The number of nitrogens with zero attached hydrogens (tertiary/aromatic N) is 5. The highest BCUT2D eigenvalue weighted by molar-refractivity contribution is 6.30. The van der Waals surface area contributed by atoms with E-state index < -0.39 is 17.0 Å². The molecule has 2 aliphatic carbocycles. The van der Waals surface area contributed by atoms with E-state index in [4.69, 9.17) is 16.3 Å². The lowest BCUT2D eigenvalue weighted by Crippen LogP contribution is -2.46. The molecule has 3 heterocycles. The number of aliphatic hydroxyl groups excluding tert-OH is 1. The molecule has 2 saturated carbocycles. The Bertz CT molecular complexity index is 1500. The Kier molecular flexibility index (Phi) is 6.10. The first-order valence-corrected chi connectivity index (χ1v) is 13.4. The summed E-state index contributed by atoms with van der Waals surface area (Å²) in [7, 11) is 0. The third-order valence-corrected chi connectivity index (χ3v) is 8.54. The van der Waals surface area contributed by atoms with E-state index in [2.05, 4.69) is 21.1 Å². The third kappa shape index (κ3) is 4.41. The first kappa shape index (κ1) is 24.8. The van der Waals surface area contributed by atoms with Gasteiger partial charge in [0.1, 0.15) is 17.2 Å². The average Bonchev–Trinajstić information content (AvgIpc) is 3.28. The summed E-state index contributed by atoms with van der Waals surface area (Å²) in [5.74, 6) is -0.159. The highest BCUT2D eigenvalue weighted by Crippen LogP contribution is 2.49. The van der Waals surface area contributed by atoms with Gasteiger partial charge in [0.05, 0.1) is 34.5 Å². The molecule has 38 heavy (non-hydrogen) atoms. The van der Waals surface area contributed by atoms with Crippen molar-refractivity contribution >= 4 is 23.3 Å². The zero-order valence-electron chi connectivity index (χ0n) is 20.8. The molecule has 8 nitrogen and oxygen atoms in total. The normalized spacial score (nSPS) is 23.0. The number of aromatic nitrogens is 4. The quantitative estimate of drug-likeness (QED) is 0.406. The number of benzene rings is 1. The molecular weight excluding hydrogens is 509 g/mol. The van der Waals surface area contributed by atoms with Gasteiger partial charge in [0, 0.05) is 18.4 Å². The van der Waals surface area contributed by atoms with Crippen LogP contribution in [0.4, 0.5) is 4.39 Å². The van der Waals surface area contributed by atoms with Gasteiger partial charge >= 0.3 is 5.97 Å². The lowest BCUT2D eigenvalue weighted by atomic mass is 9.76. The van der Waals surface area contributed by atoms with Crippen molar-refractivity contribution in [3.63, 3.8) is 0 Å². The molecule has 0 bridgehead atoms. The standard InChI is InChI=1S/C28H27ClFN5O3/c29-19-14-32-26-33-24(34-35(26)15-19)12-20-23(36)13-28(38-25(20)37,18-3-1-2-4-18)8-7-17-5-6-21(22(30)11-17)27(16-31)9-10-27/h5-6,11,14-15,18,36H,1-4,7-10,12-13H2. The van der Waals surface area contributed by atoms with Crippen LogP contribution in [0.2, 0.25) is 5.02 Å². The summed E-state index contributed by atoms with van der Waals surface area (Å²) in [6.45, 7) is 0. The fourth-order valence-corrected chi connectivity index (χ4v) is 6.19. The van der Waals surface area contributed by atoms with E-state index in [1.165, 1.54) is 16.8 Å². The summed E-state index contributed by atoms with van der Waals surface area (Å²) >= 11 is 5.97. The molecular formula is C28H27ClFN5O3. The highest BCUT2D eigenvalue weighted by Gasteiger charge is 2.49. The fourth-order valence-electron chi connectivity index (χ4n) is 6.05. The molecule has 0 radical (unpaired) electrons. The van der Waals surface area contributed by atoms with Gasteiger partial charge < -0.3 is 9.84 Å². The molecule has 0 spiro atoms. The Hall–Kier alpha value is -3.51. The molecule has 0 saturated heterocycles. The van der Waals surface area contributed by atoms with Crippen molar-refractivity contribution in [1.82, 2.24) is 19.6 Å². The van der Waals surface area contributed by atoms with Crippen molar-refractivity contribution in [2.24, 2.45) is 5.92 Å². The smallest absolute Gasteiger partial charge is 0.338 e. The Morgan fingerprint density at radius 1 is 1.29 bits per heavy atom. The van der Waals surface area contributed by atoms with E-state index in [1.54, 1.807) is 12.3 Å². The Morgan fingerprint density at radius 2 is 2.08 bits per heavy atom. The summed E-state index contributed by atoms with van der Waals surface area (Å²) in [5.41, 5.74) is -0.161. The van der Waals surface area contributed by atoms with E-state index in [-0.39, 0.29) is 35.9 Å². The van der Waals surface area contributed by atoms with Crippen LogP contribution >= 0.6 is 11.6 Å². The molecule has 2 aromatic heterocycles. The number of aryl methyl sites for hydroxylation is 1. The number of cyclic esters (lactones) is 1. The van der Waals surface area contributed by atoms with Crippen molar-refractivity contribution in [2.45, 2.75) is 75.2 Å². The molecule has 0 amide bonds. The fraction of sp³-hybridized carbons (Fsp3) is 0.464. The van der Waals surface area contributed by atoms with Crippen LogP contribution in [0.5, 0.6) is 0 Å². The number of nitriles is 1. The number of aliphatic hydroxyl groups is 1. The van der Waals surface area contributed by atoms with Crippen LogP contribution in [0.15, 0.2) is 41.9 Å². The van der Waals surface area contributed by atoms with Crippen molar-refractivity contribution in [3.05, 3.63) is 69.7 Å². The summed E-state index contributed by atoms with van der Waals surface area (Å²) in [5, 5.41) is 25.3. The number of rotatable bonds is 7. The van der Waals surface area contributed by atoms with Gasteiger partial charge in [0.2, 0.25) is 0 Å². The first-order chi connectivity index (χ1) is 18.3. The molecule has 1 aromatic carbocycles. The molecule has 1 aliphatic heterocycles. The zero-order chi connectivity index (χ0) is 26.5. The van der Waals surface area contributed by atoms with E-state index in [0.29, 0.717) is 47.9 Å². The van der Waals surface area contributed by atoms with Gasteiger partial charge in [0.15, 0.2) is 5.82 Å². The van der Waals surface area contributed by atoms with E-state index in [9.17, 15) is 19.6 Å². The highest BCUT2D eigenvalue weighted by atomic mass is 35.5. The van der Waals surface area contributed by atoms with Crippen LogP contribution in [-0.2, 0) is 27.8 Å². The van der Waals surface area contributed by atoms with Gasteiger partial charge in [-0.15, -0.1) is 5.10 Å². The summed E-state index contributed by atoms with van der Waals surface area (Å²) in [6, 6.07) is 7.32. The second-order valence-electron chi connectivity index (χ2n) is 10.8. The van der Waals surface area contributed by atoms with Crippen molar-refractivity contribution in [2.75, 3.05) is 0 Å². The molecule has 1 atom stereocenters. The third-order valence-electron chi connectivity index (χ3n) is 8.35.